The molecule has 1 aliphatic heterocycles. The Labute approximate surface area is 165 Å². The van der Waals surface area contributed by atoms with Gasteiger partial charge in [-0.25, -0.2) is 4.52 Å². The second-order valence-electron chi connectivity index (χ2n) is 7.02. The first-order valence-electron chi connectivity index (χ1n) is 9.54. The third kappa shape index (κ3) is 3.09. The maximum Gasteiger partial charge on any atom is 0.262 e. The molecular weight excluding hydrogens is 372 g/mol. The Kier molecular flexibility index (Phi) is 4.36. The fraction of sp³-hybridized carbons (Fsp3) is 0.300. The molecule has 5 rings (SSSR count). The minimum atomic E-state index is -0.166. The summed E-state index contributed by atoms with van der Waals surface area (Å²) >= 11 is 0. The van der Waals surface area contributed by atoms with E-state index in [9.17, 15) is 4.79 Å². The number of ether oxygens (including phenoxy) is 1. The Morgan fingerprint density at radius 3 is 2.86 bits per heavy atom. The fourth-order valence-corrected chi connectivity index (χ4v) is 3.85. The molecular formula is C20H20N6O3. The highest BCUT2D eigenvalue weighted by atomic mass is 16.5. The van der Waals surface area contributed by atoms with Crippen LogP contribution in [0.4, 0.5) is 0 Å². The van der Waals surface area contributed by atoms with Gasteiger partial charge in [0.05, 0.1) is 30.1 Å². The van der Waals surface area contributed by atoms with Crippen molar-refractivity contribution in [1.82, 2.24) is 30.1 Å². The quantitative estimate of drug-likeness (QED) is 0.548. The predicted molar refractivity (Wildman–Crippen MR) is 106 cm³/mol. The van der Waals surface area contributed by atoms with Crippen molar-refractivity contribution in [2.45, 2.75) is 18.8 Å². The number of rotatable bonds is 4. The van der Waals surface area contributed by atoms with Gasteiger partial charge in [-0.1, -0.05) is 17.3 Å². The number of aromatic amines is 1. The summed E-state index contributed by atoms with van der Waals surface area (Å²) in [5.74, 6) is 1.63. The third-order valence-electron chi connectivity index (χ3n) is 5.30. The SMILES string of the molecule is COc1ccccc1-c1nc(-c2cnn3c(C4CCNCC4)cc(=O)[nH]c23)no1. The number of para-hydroxylation sites is 1. The summed E-state index contributed by atoms with van der Waals surface area (Å²) in [6.07, 6.45) is 3.59. The number of hydrogen-bond acceptors (Lipinski definition) is 7. The van der Waals surface area contributed by atoms with E-state index in [1.165, 1.54) is 0 Å². The van der Waals surface area contributed by atoms with E-state index >= 15 is 0 Å². The van der Waals surface area contributed by atoms with Crippen LogP contribution in [0, 0.1) is 0 Å². The molecule has 9 heteroatoms. The molecule has 1 aliphatic rings. The van der Waals surface area contributed by atoms with Gasteiger partial charge in [0.25, 0.3) is 11.4 Å². The minimum Gasteiger partial charge on any atom is -0.496 e. The Hall–Kier alpha value is -3.46. The number of fused-ring (bicyclic) bond motifs is 1. The number of piperidine rings is 1. The van der Waals surface area contributed by atoms with Crippen LogP contribution < -0.4 is 15.6 Å². The van der Waals surface area contributed by atoms with Crippen LogP contribution in [0.1, 0.15) is 24.5 Å². The molecule has 0 amide bonds. The van der Waals surface area contributed by atoms with Crippen LogP contribution in [0.2, 0.25) is 0 Å². The summed E-state index contributed by atoms with van der Waals surface area (Å²) in [5, 5.41) is 12.0. The van der Waals surface area contributed by atoms with Crippen LogP contribution in [0.25, 0.3) is 28.5 Å². The lowest BCUT2D eigenvalue weighted by atomic mass is 9.94. The smallest absolute Gasteiger partial charge is 0.262 e. The predicted octanol–water partition coefficient (Wildman–Crippen LogP) is 2.22. The normalized spacial score (nSPS) is 15.1. The van der Waals surface area contributed by atoms with E-state index in [1.54, 1.807) is 23.9 Å². The van der Waals surface area contributed by atoms with Crippen molar-refractivity contribution in [2.75, 3.05) is 20.2 Å². The molecule has 1 saturated heterocycles. The van der Waals surface area contributed by atoms with E-state index in [4.69, 9.17) is 9.26 Å². The molecule has 3 aromatic heterocycles. The molecule has 0 bridgehead atoms. The van der Waals surface area contributed by atoms with Crippen LogP contribution in [0.5, 0.6) is 5.75 Å². The number of aromatic nitrogens is 5. The van der Waals surface area contributed by atoms with E-state index in [0.717, 1.165) is 31.6 Å². The van der Waals surface area contributed by atoms with Gasteiger partial charge in [0.15, 0.2) is 0 Å². The van der Waals surface area contributed by atoms with Gasteiger partial charge >= 0.3 is 0 Å². The fourth-order valence-electron chi connectivity index (χ4n) is 3.85. The third-order valence-corrected chi connectivity index (χ3v) is 5.30. The van der Waals surface area contributed by atoms with Gasteiger partial charge in [0.1, 0.15) is 11.4 Å². The average molecular weight is 392 g/mol. The first kappa shape index (κ1) is 17.6. The van der Waals surface area contributed by atoms with E-state index in [1.807, 2.05) is 24.3 Å². The van der Waals surface area contributed by atoms with Crippen molar-refractivity contribution in [3.63, 3.8) is 0 Å². The Morgan fingerprint density at radius 2 is 2.03 bits per heavy atom. The average Bonchev–Trinajstić information content (AvgIpc) is 3.40. The van der Waals surface area contributed by atoms with Crippen molar-refractivity contribution in [3.05, 3.63) is 52.6 Å². The van der Waals surface area contributed by atoms with Crippen molar-refractivity contribution < 1.29 is 9.26 Å². The molecule has 9 nitrogen and oxygen atoms in total. The van der Waals surface area contributed by atoms with Gasteiger partial charge < -0.3 is 19.6 Å². The molecule has 4 heterocycles. The number of H-pyrrole nitrogens is 1. The summed E-state index contributed by atoms with van der Waals surface area (Å²) in [5.41, 5.74) is 2.63. The molecule has 0 unspecified atom stereocenters. The number of nitrogens with one attached hydrogen (secondary N) is 2. The molecule has 0 spiro atoms. The standard InChI is InChI=1S/C20H20N6O3/c1-28-16-5-3-2-4-13(16)20-24-18(25-29-20)14-11-22-26-15(10-17(27)23-19(14)26)12-6-8-21-9-7-12/h2-5,10-12,21H,6-9H2,1H3,(H,23,27). The first-order chi connectivity index (χ1) is 14.2. The van der Waals surface area contributed by atoms with Crippen LogP contribution in [-0.2, 0) is 0 Å². The van der Waals surface area contributed by atoms with E-state index in [-0.39, 0.29) is 11.5 Å². The number of methoxy groups -OCH3 is 1. The maximum atomic E-state index is 12.3. The molecule has 148 valence electrons. The van der Waals surface area contributed by atoms with Crippen LogP contribution >= 0.6 is 0 Å². The summed E-state index contributed by atoms with van der Waals surface area (Å²) in [7, 11) is 1.59. The molecule has 1 aromatic carbocycles. The van der Waals surface area contributed by atoms with Gasteiger partial charge in [0, 0.05) is 12.0 Å². The lowest BCUT2D eigenvalue weighted by molar-refractivity contribution is 0.405. The van der Waals surface area contributed by atoms with Gasteiger partial charge in [-0.2, -0.15) is 10.1 Å². The highest BCUT2D eigenvalue weighted by molar-refractivity contribution is 5.73. The Balaban J connectivity index is 1.59. The zero-order chi connectivity index (χ0) is 19.8. The molecule has 29 heavy (non-hydrogen) atoms. The van der Waals surface area contributed by atoms with E-state index in [2.05, 4.69) is 25.5 Å². The van der Waals surface area contributed by atoms with E-state index in [0.29, 0.717) is 34.2 Å². The Morgan fingerprint density at radius 1 is 1.21 bits per heavy atom. The van der Waals surface area contributed by atoms with Crippen molar-refractivity contribution in [2.24, 2.45) is 0 Å². The minimum absolute atomic E-state index is 0.166. The number of nitrogens with zero attached hydrogens (tertiary/aromatic N) is 4. The summed E-state index contributed by atoms with van der Waals surface area (Å²) in [6.45, 7) is 1.86. The zero-order valence-electron chi connectivity index (χ0n) is 15.9. The van der Waals surface area contributed by atoms with Gasteiger partial charge in [0.2, 0.25) is 5.82 Å². The summed E-state index contributed by atoms with van der Waals surface area (Å²) in [4.78, 5) is 19.7. The summed E-state index contributed by atoms with van der Waals surface area (Å²) in [6, 6.07) is 9.06. The van der Waals surface area contributed by atoms with Crippen molar-refractivity contribution in [3.8, 4) is 28.6 Å². The monoisotopic (exact) mass is 392 g/mol. The second-order valence-corrected chi connectivity index (χ2v) is 7.02. The topological polar surface area (TPSA) is 110 Å². The van der Waals surface area contributed by atoms with Gasteiger partial charge in [-0.3, -0.25) is 4.79 Å². The molecule has 1 fully saturated rings. The highest BCUT2D eigenvalue weighted by Gasteiger charge is 2.23. The van der Waals surface area contributed by atoms with Crippen LogP contribution in [0.3, 0.4) is 0 Å². The van der Waals surface area contributed by atoms with E-state index < -0.39 is 0 Å². The zero-order valence-corrected chi connectivity index (χ0v) is 15.9. The lowest BCUT2D eigenvalue weighted by Gasteiger charge is -2.23. The van der Waals surface area contributed by atoms with Gasteiger partial charge in [-0.15, -0.1) is 0 Å². The molecule has 0 aliphatic carbocycles. The van der Waals surface area contributed by atoms with Crippen molar-refractivity contribution in [1.29, 1.82) is 0 Å². The molecule has 0 saturated carbocycles. The summed E-state index contributed by atoms with van der Waals surface area (Å²) < 4.78 is 12.6. The molecule has 0 radical (unpaired) electrons. The number of hydrogen-bond donors (Lipinski definition) is 2. The highest BCUT2D eigenvalue weighted by Crippen LogP contribution is 2.31. The molecule has 2 N–H and O–H groups in total. The molecule has 0 atom stereocenters. The van der Waals surface area contributed by atoms with Crippen LogP contribution in [0.15, 0.2) is 45.8 Å². The molecule has 4 aromatic rings. The second kappa shape index (κ2) is 7.17. The van der Waals surface area contributed by atoms with Gasteiger partial charge in [-0.05, 0) is 38.1 Å². The number of benzene rings is 1. The maximum absolute atomic E-state index is 12.3. The lowest BCUT2D eigenvalue weighted by Crippen LogP contribution is -2.28. The largest absolute Gasteiger partial charge is 0.496 e. The Bertz CT molecular complexity index is 1220. The van der Waals surface area contributed by atoms with Crippen LogP contribution in [-0.4, -0.2) is 44.9 Å². The van der Waals surface area contributed by atoms with Crippen molar-refractivity contribution >= 4 is 5.65 Å². The first-order valence-corrected chi connectivity index (χ1v) is 9.54.